The zero-order valence-corrected chi connectivity index (χ0v) is 15.7. The lowest BCUT2D eigenvalue weighted by Crippen LogP contribution is -2.19. The van der Waals surface area contributed by atoms with E-state index in [0.29, 0.717) is 11.3 Å². The average Bonchev–Trinajstić information content (AvgIpc) is 3.14. The summed E-state index contributed by atoms with van der Waals surface area (Å²) < 4.78 is 6.72. The Kier molecular flexibility index (Phi) is 5.83. The first kappa shape index (κ1) is 18.6. The van der Waals surface area contributed by atoms with E-state index in [4.69, 9.17) is 4.42 Å². The van der Waals surface area contributed by atoms with Crippen LogP contribution in [0, 0.1) is 10.1 Å². The Labute approximate surface area is 163 Å². The number of nitrogens with zero attached hydrogens (tertiary/aromatic N) is 1. The van der Waals surface area contributed by atoms with Gasteiger partial charge in [0.15, 0.2) is 0 Å². The SMILES string of the molecule is O=C(/C=C/c1cccc([N+](=O)[O-])c1)NCc1ccc(-c2ccc(Br)cc2)o1. The summed E-state index contributed by atoms with van der Waals surface area (Å²) in [7, 11) is 0. The van der Waals surface area contributed by atoms with Crippen molar-refractivity contribution in [2.75, 3.05) is 0 Å². The molecule has 3 aromatic rings. The standard InChI is InChI=1S/C20H15BrN2O4/c21-16-7-5-15(6-8-16)19-10-9-18(27-19)13-22-20(24)11-4-14-2-1-3-17(12-14)23(25)26/h1-12H,13H2,(H,22,24)/b11-4+. The van der Waals surface area contributed by atoms with Crippen LogP contribution in [0.3, 0.4) is 0 Å². The van der Waals surface area contributed by atoms with Gasteiger partial charge in [0.2, 0.25) is 5.91 Å². The third kappa shape index (κ3) is 5.15. The molecule has 7 heteroatoms. The molecular formula is C20H15BrN2O4. The Morgan fingerprint density at radius 3 is 2.67 bits per heavy atom. The van der Waals surface area contributed by atoms with Gasteiger partial charge in [0.25, 0.3) is 5.69 Å². The Bertz CT molecular complexity index is 993. The number of hydrogen-bond acceptors (Lipinski definition) is 4. The Balaban J connectivity index is 1.57. The number of carbonyl (C=O) groups excluding carboxylic acids is 1. The van der Waals surface area contributed by atoms with Crippen molar-refractivity contribution in [3.8, 4) is 11.3 Å². The van der Waals surface area contributed by atoms with Crippen molar-refractivity contribution in [3.05, 3.63) is 92.7 Å². The summed E-state index contributed by atoms with van der Waals surface area (Å²) in [6.45, 7) is 0.245. The van der Waals surface area contributed by atoms with Gasteiger partial charge in [-0.3, -0.25) is 14.9 Å². The van der Waals surface area contributed by atoms with Gasteiger partial charge in [0.05, 0.1) is 11.5 Å². The largest absolute Gasteiger partial charge is 0.459 e. The van der Waals surface area contributed by atoms with Gasteiger partial charge in [-0.05, 0) is 35.9 Å². The van der Waals surface area contributed by atoms with Crippen LogP contribution in [0.4, 0.5) is 5.69 Å². The molecule has 136 valence electrons. The van der Waals surface area contributed by atoms with Crippen molar-refractivity contribution >= 4 is 33.6 Å². The van der Waals surface area contributed by atoms with E-state index in [1.807, 2.05) is 36.4 Å². The number of benzene rings is 2. The van der Waals surface area contributed by atoms with Gasteiger partial charge in [0, 0.05) is 28.2 Å². The van der Waals surface area contributed by atoms with Crippen LogP contribution in [0.5, 0.6) is 0 Å². The molecule has 0 radical (unpaired) electrons. The molecule has 1 aromatic heterocycles. The Morgan fingerprint density at radius 1 is 1.15 bits per heavy atom. The summed E-state index contributed by atoms with van der Waals surface area (Å²) >= 11 is 3.39. The van der Waals surface area contributed by atoms with Gasteiger partial charge in [-0.15, -0.1) is 0 Å². The second-order valence-corrected chi connectivity index (χ2v) is 6.59. The topological polar surface area (TPSA) is 85.4 Å². The lowest BCUT2D eigenvalue weighted by Gasteiger charge is -2.00. The predicted molar refractivity (Wildman–Crippen MR) is 106 cm³/mol. The molecule has 3 rings (SSSR count). The van der Waals surface area contributed by atoms with Crippen molar-refractivity contribution in [3.63, 3.8) is 0 Å². The van der Waals surface area contributed by atoms with Crippen LogP contribution in [0.1, 0.15) is 11.3 Å². The molecule has 27 heavy (non-hydrogen) atoms. The molecule has 1 N–H and O–H groups in total. The van der Waals surface area contributed by atoms with Crippen LogP contribution in [0.25, 0.3) is 17.4 Å². The number of amides is 1. The van der Waals surface area contributed by atoms with Crippen molar-refractivity contribution in [1.82, 2.24) is 5.32 Å². The third-order valence-electron chi connectivity index (χ3n) is 3.74. The van der Waals surface area contributed by atoms with E-state index in [1.54, 1.807) is 12.1 Å². The van der Waals surface area contributed by atoms with E-state index in [0.717, 1.165) is 15.8 Å². The highest BCUT2D eigenvalue weighted by Gasteiger charge is 2.06. The second-order valence-electron chi connectivity index (χ2n) is 5.68. The van der Waals surface area contributed by atoms with E-state index < -0.39 is 4.92 Å². The molecule has 1 amide bonds. The number of hydrogen-bond donors (Lipinski definition) is 1. The van der Waals surface area contributed by atoms with Crippen molar-refractivity contribution in [2.24, 2.45) is 0 Å². The molecule has 0 saturated heterocycles. The molecule has 0 saturated carbocycles. The molecule has 1 heterocycles. The van der Waals surface area contributed by atoms with Gasteiger partial charge < -0.3 is 9.73 Å². The maximum atomic E-state index is 11.9. The highest BCUT2D eigenvalue weighted by Crippen LogP contribution is 2.24. The van der Waals surface area contributed by atoms with Crippen LogP contribution in [-0.2, 0) is 11.3 Å². The lowest BCUT2D eigenvalue weighted by molar-refractivity contribution is -0.384. The zero-order valence-electron chi connectivity index (χ0n) is 14.1. The Hall–Kier alpha value is -3.19. The molecule has 0 spiro atoms. The minimum Gasteiger partial charge on any atom is -0.459 e. The lowest BCUT2D eigenvalue weighted by atomic mass is 10.2. The number of rotatable bonds is 6. The summed E-state index contributed by atoms with van der Waals surface area (Å²) in [5, 5.41) is 13.5. The summed E-state index contributed by atoms with van der Waals surface area (Å²) in [5.41, 5.74) is 1.50. The van der Waals surface area contributed by atoms with E-state index in [-0.39, 0.29) is 18.1 Å². The fourth-order valence-corrected chi connectivity index (χ4v) is 2.65. The van der Waals surface area contributed by atoms with Gasteiger partial charge in [-0.25, -0.2) is 0 Å². The normalized spacial score (nSPS) is 10.9. The summed E-state index contributed by atoms with van der Waals surface area (Å²) in [5.74, 6) is 1.03. The van der Waals surface area contributed by atoms with Crippen molar-refractivity contribution in [2.45, 2.75) is 6.54 Å². The quantitative estimate of drug-likeness (QED) is 0.343. The van der Waals surface area contributed by atoms with Crippen LogP contribution in [0.2, 0.25) is 0 Å². The molecule has 0 unspecified atom stereocenters. The molecule has 6 nitrogen and oxygen atoms in total. The fourth-order valence-electron chi connectivity index (χ4n) is 2.39. The fraction of sp³-hybridized carbons (Fsp3) is 0.0500. The first-order chi connectivity index (χ1) is 13.0. The zero-order chi connectivity index (χ0) is 19.2. The Morgan fingerprint density at radius 2 is 1.93 bits per heavy atom. The summed E-state index contributed by atoms with van der Waals surface area (Å²) in [6, 6.07) is 17.5. The van der Waals surface area contributed by atoms with Gasteiger partial charge in [-0.1, -0.05) is 40.2 Å². The summed E-state index contributed by atoms with van der Waals surface area (Å²) in [6.07, 6.45) is 2.86. The van der Waals surface area contributed by atoms with Crippen LogP contribution in [-0.4, -0.2) is 10.8 Å². The number of nitrogens with one attached hydrogen (secondary N) is 1. The molecule has 0 fully saturated rings. The maximum absolute atomic E-state index is 11.9. The number of carbonyl (C=O) groups is 1. The molecular weight excluding hydrogens is 412 g/mol. The van der Waals surface area contributed by atoms with Gasteiger partial charge in [0.1, 0.15) is 11.5 Å². The molecule has 0 aliphatic carbocycles. The minimum absolute atomic E-state index is 0.0198. The van der Waals surface area contributed by atoms with Crippen LogP contribution in [0.15, 0.2) is 75.6 Å². The number of nitro benzene ring substituents is 1. The molecule has 0 aliphatic rings. The van der Waals surface area contributed by atoms with E-state index in [1.165, 1.54) is 24.3 Å². The predicted octanol–water partition coefficient (Wildman–Crippen LogP) is 4.95. The van der Waals surface area contributed by atoms with Crippen LogP contribution >= 0.6 is 15.9 Å². The number of nitro groups is 1. The molecule has 0 bridgehead atoms. The number of non-ortho nitro benzene ring substituents is 1. The highest BCUT2D eigenvalue weighted by atomic mass is 79.9. The van der Waals surface area contributed by atoms with E-state index in [2.05, 4.69) is 21.2 Å². The van der Waals surface area contributed by atoms with Crippen LogP contribution < -0.4 is 5.32 Å². The first-order valence-corrected chi connectivity index (χ1v) is 8.85. The first-order valence-electron chi connectivity index (χ1n) is 8.06. The minimum atomic E-state index is -0.475. The van der Waals surface area contributed by atoms with E-state index >= 15 is 0 Å². The second kappa shape index (κ2) is 8.46. The summed E-state index contributed by atoms with van der Waals surface area (Å²) in [4.78, 5) is 22.2. The molecule has 2 aromatic carbocycles. The molecule has 0 aliphatic heterocycles. The van der Waals surface area contributed by atoms with Crippen molar-refractivity contribution < 1.29 is 14.1 Å². The monoisotopic (exact) mass is 426 g/mol. The van der Waals surface area contributed by atoms with Gasteiger partial charge >= 0.3 is 0 Å². The van der Waals surface area contributed by atoms with Crippen molar-refractivity contribution in [1.29, 1.82) is 0 Å². The smallest absolute Gasteiger partial charge is 0.270 e. The average molecular weight is 427 g/mol. The third-order valence-corrected chi connectivity index (χ3v) is 4.26. The number of furan rings is 1. The molecule has 0 atom stereocenters. The maximum Gasteiger partial charge on any atom is 0.270 e. The highest BCUT2D eigenvalue weighted by molar-refractivity contribution is 9.10. The van der Waals surface area contributed by atoms with Gasteiger partial charge in [-0.2, -0.15) is 0 Å². The number of halogens is 1. The van der Waals surface area contributed by atoms with E-state index in [9.17, 15) is 14.9 Å².